The molecule has 1 aromatic carbocycles. The summed E-state index contributed by atoms with van der Waals surface area (Å²) in [6, 6.07) is 1.70. The quantitative estimate of drug-likeness (QED) is 0.679. The first kappa shape index (κ1) is 13.1. The van der Waals surface area contributed by atoms with Gasteiger partial charge in [0.1, 0.15) is 0 Å². The number of anilines is 1. The van der Waals surface area contributed by atoms with Crippen molar-refractivity contribution >= 4 is 23.1 Å². The molecule has 0 bridgehead atoms. The Morgan fingerprint density at radius 3 is 2.83 bits per heavy atom. The molecule has 1 atom stereocenters. The summed E-state index contributed by atoms with van der Waals surface area (Å²) in [5.41, 5.74) is -0.767. The molecule has 1 aromatic rings. The van der Waals surface area contributed by atoms with Crippen molar-refractivity contribution in [3.05, 3.63) is 33.9 Å². The Morgan fingerprint density at radius 1 is 1.44 bits per heavy atom. The third kappa shape index (κ3) is 2.72. The van der Waals surface area contributed by atoms with Crippen molar-refractivity contribution in [2.24, 2.45) is 0 Å². The number of hydrogen-bond acceptors (Lipinski definition) is 4. The normalized spacial score (nSPS) is 19.6. The van der Waals surface area contributed by atoms with Crippen LogP contribution in [0.5, 0.6) is 0 Å². The highest BCUT2D eigenvalue weighted by molar-refractivity contribution is 7.99. The molecule has 0 radical (unpaired) electrons. The van der Waals surface area contributed by atoms with Crippen LogP contribution in [0.1, 0.15) is 12.8 Å². The summed E-state index contributed by atoms with van der Waals surface area (Å²) in [7, 11) is 0. The molecular formula is C11H12F2N2O2S. The Bertz CT molecular complexity index is 465. The van der Waals surface area contributed by atoms with Gasteiger partial charge in [-0.2, -0.15) is 11.8 Å². The van der Waals surface area contributed by atoms with E-state index in [2.05, 4.69) is 5.32 Å². The Labute approximate surface area is 107 Å². The SMILES string of the molecule is O=[N+]([O-])c1ccc(F)c(F)c1NC1CCCSC1. The van der Waals surface area contributed by atoms with Crippen molar-refractivity contribution in [1.29, 1.82) is 0 Å². The molecule has 4 nitrogen and oxygen atoms in total. The molecule has 0 spiro atoms. The minimum atomic E-state index is -1.18. The van der Waals surface area contributed by atoms with Gasteiger partial charge in [-0.1, -0.05) is 0 Å². The molecule has 1 N–H and O–H groups in total. The van der Waals surface area contributed by atoms with Gasteiger partial charge in [-0.05, 0) is 24.7 Å². The van der Waals surface area contributed by atoms with Crippen LogP contribution in [-0.2, 0) is 0 Å². The van der Waals surface area contributed by atoms with E-state index in [1.165, 1.54) is 0 Å². The molecule has 0 aliphatic carbocycles. The van der Waals surface area contributed by atoms with Crippen LogP contribution in [0.4, 0.5) is 20.2 Å². The van der Waals surface area contributed by atoms with Crippen molar-refractivity contribution in [2.45, 2.75) is 18.9 Å². The molecule has 0 saturated carbocycles. The first-order chi connectivity index (χ1) is 8.59. The molecule has 1 heterocycles. The number of nitrogens with one attached hydrogen (secondary N) is 1. The summed E-state index contributed by atoms with van der Waals surface area (Å²) in [6.07, 6.45) is 1.77. The Kier molecular flexibility index (Phi) is 4.00. The summed E-state index contributed by atoms with van der Waals surface area (Å²) in [5, 5.41) is 13.6. The minimum absolute atomic E-state index is 0.0567. The number of benzene rings is 1. The van der Waals surface area contributed by atoms with Gasteiger partial charge < -0.3 is 5.32 Å². The van der Waals surface area contributed by atoms with E-state index in [9.17, 15) is 18.9 Å². The third-order valence-corrected chi connectivity index (χ3v) is 3.99. The van der Waals surface area contributed by atoms with Crippen LogP contribution in [0.3, 0.4) is 0 Å². The summed E-state index contributed by atoms with van der Waals surface area (Å²) >= 11 is 1.70. The van der Waals surface area contributed by atoms with Gasteiger partial charge in [0, 0.05) is 17.9 Å². The molecule has 18 heavy (non-hydrogen) atoms. The van der Waals surface area contributed by atoms with E-state index in [0.29, 0.717) is 0 Å². The monoisotopic (exact) mass is 274 g/mol. The van der Waals surface area contributed by atoms with Crippen molar-refractivity contribution in [3.63, 3.8) is 0 Å². The molecule has 2 rings (SSSR count). The second kappa shape index (κ2) is 5.51. The Balaban J connectivity index is 2.29. The molecule has 0 aromatic heterocycles. The number of halogens is 2. The lowest BCUT2D eigenvalue weighted by Crippen LogP contribution is -2.26. The second-order valence-corrected chi connectivity index (χ2v) is 5.22. The average Bonchev–Trinajstić information content (AvgIpc) is 2.36. The summed E-state index contributed by atoms with van der Waals surface area (Å²) in [6.45, 7) is 0. The summed E-state index contributed by atoms with van der Waals surface area (Å²) in [4.78, 5) is 10.1. The maximum atomic E-state index is 13.6. The van der Waals surface area contributed by atoms with E-state index >= 15 is 0 Å². The number of rotatable bonds is 3. The van der Waals surface area contributed by atoms with Crippen LogP contribution >= 0.6 is 11.8 Å². The number of nitrogens with zero attached hydrogens (tertiary/aromatic N) is 1. The third-order valence-electron chi connectivity index (χ3n) is 2.78. The zero-order valence-corrected chi connectivity index (χ0v) is 10.3. The molecule has 1 unspecified atom stereocenters. The van der Waals surface area contributed by atoms with Crippen LogP contribution in [0, 0.1) is 21.7 Å². The minimum Gasteiger partial charge on any atom is -0.373 e. The predicted molar refractivity (Wildman–Crippen MR) is 67.0 cm³/mol. The van der Waals surface area contributed by atoms with E-state index in [1.54, 1.807) is 11.8 Å². The zero-order chi connectivity index (χ0) is 13.1. The maximum absolute atomic E-state index is 13.6. The lowest BCUT2D eigenvalue weighted by Gasteiger charge is -2.23. The molecule has 1 fully saturated rings. The molecule has 1 aliphatic rings. The number of hydrogen-bond donors (Lipinski definition) is 1. The number of thioether (sulfide) groups is 1. The van der Waals surface area contributed by atoms with Crippen LogP contribution < -0.4 is 5.32 Å². The van der Waals surface area contributed by atoms with E-state index < -0.39 is 22.2 Å². The molecule has 1 aliphatic heterocycles. The molecule has 0 amide bonds. The lowest BCUT2D eigenvalue weighted by atomic mass is 10.1. The van der Waals surface area contributed by atoms with Crippen LogP contribution in [-0.4, -0.2) is 22.5 Å². The van der Waals surface area contributed by atoms with E-state index in [4.69, 9.17) is 0 Å². The van der Waals surface area contributed by atoms with Crippen molar-refractivity contribution in [2.75, 3.05) is 16.8 Å². The Hall–Kier alpha value is -1.37. The Morgan fingerprint density at radius 2 is 2.22 bits per heavy atom. The maximum Gasteiger partial charge on any atom is 0.295 e. The lowest BCUT2D eigenvalue weighted by molar-refractivity contribution is -0.384. The summed E-state index contributed by atoms with van der Waals surface area (Å²) in [5.74, 6) is -0.481. The van der Waals surface area contributed by atoms with Gasteiger partial charge in [0.2, 0.25) is 0 Å². The van der Waals surface area contributed by atoms with E-state index in [-0.39, 0.29) is 11.7 Å². The average molecular weight is 274 g/mol. The fourth-order valence-electron chi connectivity index (χ4n) is 1.89. The zero-order valence-electron chi connectivity index (χ0n) is 9.49. The van der Waals surface area contributed by atoms with Gasteiger partial charge in [-0.25, -0.2) is 8.78 Å². The largest absolute Gasteiger partial charge is 0.373 e. The molecular weight excluding hydrogens is 262 g/mol. The highest BCUT2D eigenvalue weighted by Gasteiger charge is 2.24. The molecule has 1 saturated heterocycles. The number of nitro groups is 1. The number of nitro benzene ring substituents is 1. The van der Waals surface area contributed by atoms with Crippen LogP contribution in [0.2, 0.25) is 0 Å². The highest BCUT2D eigenvalue weighted by Crippen LogP contribution is 2.31. The smallest absolute Gasteiger partial charge is 0.295 e. The van der Waals surface area contributed by atoms with Crippen molar-refractivity contribution < 1.29 is 13.7 Å². The van der Waals surface area contributed by atoms with Crippen LogP contribution in [0.15, 0.2) is 12.1 Å². The standard InChI is InChI=1S/C11H12F2N2O2S/c12-8-3-4-9(15(16)17)11(10(8)13)14-7-2-1-5-18-6-7/h3-4,7,14H,1-2,5-6H2. The predicted octanol–water partition coefficient (Wildman–Crippen LogP) is 3.18. The second-order valence-electron chi connectivity index (χ2n) is 4.07. The molecule has 7 heteroatoms. The van der Waals surface area contributed by atoms with Gasteiger partial charge in [-0.15, -0.1) is 0 Å². The fraction of sp³-hybridized carbons (Fsp3) is 0.455. The van der Waals surface area contributed by atoms with Crippen molar-refractivity contribution in [1.82, 2.24) is 0 Å². The van der Waals surface area contributed by atoms with Gasteiger partial charge in [0.05, 0.1) is 4.92 Å². The van der Waals surface area contributed by atoms with Gasteiger partial charge in [0.15, 0.2) is 17.3 Å². The van der Waals surface area contributed by atoms with Crippen molar-refractivity contribution in [3.8, 4) is 0 Å². The first-order valence-corrected chi connectivity index (χ1v) is 6.71. The van der Waals surface area contributed by atoms with Gasteiger partial charge in [-0.3, -0.25) is 10.1 Å². The first-order valence-electron chi connectivity index (χ1n) is 5.56. The van der Waals surface area contributed by atoms with Gasteiger partial charge >= 0.3 is 0 Å². The van der Waals surface area contributed by atoms with Gasteiger partial charge in [0.25, 0.3) is 5.69 Å². The molecule has 98 valence electrons. The summed E-state index contributed by atoms with van der Waals surface area (Å²) < 4.78 is 26.8. The van der Waals surface area contributed by atoms with E-state index in [1.807, 2.05) is 0 Å². The fourth-order valence-corrected chi connectivity index (χ4v) is 2.96. The topological polar surface area (TPSA) is 55.2 Å². The van der Waals surface area contributed by atoms with Crippen LogP contribution in [0.25, 0.3) is 0 Å². The van der Waals surface area contributed by atoms with E-state index in [0.717, 1.165) is 36.5 Å². The highest BCUT2D eigenvalue weighted by atomic mass is 32.2.